The van der Waals surface area contributed by atoms with Crippen LogP contribution in [-0.4, -0.2) is 30.6 Å². The minimum atomic E-state index is -0.0643. The number of benzene rings is 1. The lowest BCUT2D eigenvalue weighted by molar-refractivity contribution is 0.0887. The summed E-state index contributed by atoms with van der Waals surface area (Å²) in [5.74, 6) is 0.454. The molecule has 19 heavy (non-hydrogen) atoms. The summed E-state index contributed by atoms with van der Waals surface area (Å²) in [5, 5.41) is 3.81. The number of hydrogen-bond donors (Lipinski definition) is 2. The number of ether oxygens (including phenoxy) is 1. The molecular formula is C15H20N2O2. The van der Waals surface area contributed by atoms with Crippen LogP contribution in [-0.2, 0) is 4.74 Å². The van der Waals surface area contributed by atoms with Crippen molar-refractivity contribution in [2.45, 2.75) is 13.8 Å². The molecule has 0 unspecified atom stereocenters. The summed E-state index contributed by atoms with van der Waals surface area (Å²) in [5.41, 5.74) is 1.66. The fourth-order valence-corrected chi connectivity index (χ4v) is 1.91. The van der Waals surface area contributed by atoms with Gasteiger partial charge in [-0.15, -0.1) is 0 Å². The molecule has 0 spiro atoms. The smallest absolute Gasteiger partial charge is 0.253 e. The van der Waals surface area contributed by atoms with E-state index in [-0.39, 0.29) is 5.91 Å². The van der Waals surface area contributed by atoms with Crippen LogP contribution < -0.4 is 5.32 Å². The largest absolute Gasteiger partial charge is 0.379 e. The van der Waals surface area contributed by atoms with Crippen molar-refractivity contribution in [3.05, 3.63) is 36.0 Å². The Morgan fingerprint density at radius 2 is 2.16 bits per heavy atom. The second kappa shape index (κ2) is 6.38. The lowest BCUT2D eigenvalue weighted by Gasteiger charge is -2.07. The zero-order chi connectivity index (χ0) is 13.7. The van der Waals surface area contributed by atoms with Crippen LogP contribution in [0.5, 0.6) is 0 Å². The van der Waals surface area contributed by atoms with Crippen LogP contribution in [0.4, 0.5) is 0 Å². The minimum Gasteiger partial charge on any atom is -0.379 e. The maximum absolute atomic E-state index is 12.0. The van der Waals surface area contributed by atoms with Gasteiger partial charge in [0.15, 0.2) is 0 Å². The third-order valence-electron chi connectivity index (χ3n) is 2.82. The number of aromatic amines is 1. The number of para-hydroxylation sites is 1. The van der Waals surface area contributed by atoms with Crippen LogP contribution in [0.15, 0.2) is 30.5 Å². The van der Waals surface area contributed by atoms with E-state index in [0.29, 0.717) is 24.6 Å². The topological polar surface area (TPSA) is 54.1 Å². The Kier molecular flexibility index (Phi) is 4.58. The second-order valence-corrected chi connectivity index (χ2v) is 4.97. The van der Waals surface area contributed by atoms with Gasteiger partial charge in [-0.25, -0.2) is 0 Å². The molecule has 4 heteroatoms. The van der Waals surface area contributed by atoms with Crippen LogP contribution in [0.25, 0.3) is 10.9 Å². The van der Waals surface area contributed by atoms with E-state index in [2.05, 4.69) is 24.1 Å². The Morgan fingerprint density at radius 1 is 1.37 bits per heavy atom. The van der Waals surface area contributed by atoms with Gasteiger partial charge in [0.2, 0.25) is 0 Å². The van der Waals surface area contributed by atoms with Crippen molar-refractivity contribution >= 4 is 16.8 Å². The van der Waals surface area contributed by atoms with Gasteiger partial charge in [-0.3, -0.25) is 4.79 Å². The molecule has 0 aliphatic carbocycles. The van der Waals surface area contributed by atoms with Crippen molar-refractivity contribution in [3.63, 3.8) is 0 Å². The molecule has 1 aromatic carbocycles. The highest BCUT2D eigenvalue weighted by atomic mass is 16.5. The lowest BCUT2D eigenvalue weighted by Crippen LogP contribution is -2.27. The Labute approximate surface area is 113 Å². The number of fused-ring (bicyclic) bond motifs is 1. The average molecular weight is 260 g/mol. The van der Waals surface area contributed by atoms with Gasteiger partial charge in [-0.2, -0.15) is 0 Å². The molecule has 0 bridgehead atoms. The van der Waals surface area contributed by atoms with Crippen LogP contribution in [0, 0.1) is 5.92 Å². The molecule has 0 saturated carbocycles. The lowest BCUT2D eigenvalue weighted by atomic mass is 10.1. The van der Waals surface area contributed by atoms with Crippen LogP contribution in [0.1, 0.15) is 24.2 Å². The van der Waals surface area contributed by atoms with Gasteiger partial charge >= 0.3 is 0 Å². The first-order valence-electron chi connectivity index (χ1n) is 6.60. The molecule has 0 aliphatic heterocycles. The maximum atomic E-state index is 12.0. The molecule has 0 atom stereocenters. The summed E-state index contributed by atoms with van der Waals surface area (Å²) in [4.78, 5) is 15.1. The van der Waals surface area contributed by atoms with Crippen molar-refractivity contribution in [3.8, 4) is 0 Å². The highest BCUT2D eigenvalue weighted by Gasteiger charge is 2.10. The first-order valence-corrected chi connectivity index (χ1v) is 6.60. The van der Waals surface area contributed by atoms with Gasteiger partial charge in [0.1, 0.15) is 0 Å². The predicted molar refractivity (Wildman–Crippen MR) is 76.3 cm³/mol. The molecule has 0 radical (unpaired) electrons. The quantitative estimate of drug-likeness (QED) is 0.784. The van der Waals surface area contributed by atoms with E-state index in [0.717, 1.165) is 17.5 Å². The highest BCUT2D eigenvalue weighted by Crippen LogP contribution is 2.17. The van der Waals surface area contributed by atoms with Gasteiger partial charge in [0.25, 0.3) is 5.91 Å². The van der Waals surface area contributed by atoms with E-state index in [9.17, 15) is 4.79 Å². The van der Waals surface area contributed by atoms with Crippen LogP contribution in [0.3, 0.4) is 0 Å². The van der Waals surface area contributed by atoms with Gasteiger partial charge in [0, 0.05) is 30.3 Å². The second-order valence-electron chi connectivity index (χ2n) is 4.97. The Bertz CT molecular complexity index is 546. The van der Waals surface area contributed by atoms with E-state index in [4.69, 9.17) is 4.74 Å². The van der Waals surface area contributed by atoms with E-state index in [1.807, 2.05) is 24.3 Å². The molecule has 2 rings (SSSR count). The molecule has 1 amide bonds. The van der Waals surface area contributed by atoms with Crippen molar-refractivity contribution in [2.24, 2.45) is 5.92 Å². The molecule has 2 aromatic rings. The molecule has 2 N–H and O–H groups in total. The van der Waals surface area contributed by atoms with Crippen molar-refractivity contribution < 1.29 is 9.53 Å². The minimum absolute atomic E-state index is 0.0643. The summed E-state index contributed by atoms with van der Waals surface area (Å²) in [7, 11) is 0. The van der Waals surface area contributed by atoms with Gasteiger partial charge in [0.05, 0.1) is 12.2 Å². The van der Waals surface area contributed by atoms with Gasteiger partial charge in [-0.05, 0) is 12.0 Å². The Hall–Kier alpha value is -1.81. The molecule has 0 fully saturated rings. The standard InChI is InChI=1S/C15H20N2O2/c1-11(2)10-19-8-7-16-15(18)13-9-17-14-6-4-3-5-12(13)14/h3-6,9,11,17H,7-8,10H2,1-2H3,(H,16,18). The zero-order valence-corrected chi connectivity index (χ0v) is 11.4. The number of aromatic nitrogens is 1. The normalized spacial score (nSPS) is 11.1. The Morgan fingerprint density at radius 3 is 2.95 bits per heavy atom. The van der Waals surface area contributed by atoms with Gasteiger partial charge < -0.3 is 15.0 Å². The van der Waals surface area contributed by atoms with Crippen LogP contribution >= 0.6 is 0 Å². The summed E-state index contributed by atoms with van der Waals surface area (Å²) in [6.07, 6.45) is 1.75. The third kappa shape index (κ3) is 3.58. The predicted octanol–water partition coefficient (Wildman–Crippen LogP) is 2.57. The number of amides is 1. The molecule has 0 saturated heterocycles. The third-order valence-corrected chi connectivity index (χ3v) is 2.82. The highest BCUT2D eigenvalue weighted by molar-refractivity contribution is 6.06. The summed E-state index contributed by atoms with van der Waals surface area (Å²) >= 11 is 0. The number of carbonyl (C=O) groups excluding carboxylic acids is 1. The number of carbonyl (C=O) groups is 1. The fraction of sp³-hybridized carbons (Fsp3) is 0.400. The molecule has 102 valence electrons. The fourth-order valence-electron chi connectivity index (χ4n) is 1.91. The van der Waals surface area contributed by atoms with Crippen molar-refractivity contribution in [2.75, 3.05) is 19.8 Å². The molecule has 1 heterocycles. The number of H-pyrrole nitrogens is 1. The number of hydrogen-bond acceptors (Lipinski definition) is 2. The van der Waals surface area contributed by atoms with E-state index in [1.54, 1.807) is 6.20 Å². The zero-order valence-electron chi connectivity index (χ0n) is 11.4. The summed E-state index contributed by atoms with van der Waals surface area (Å²) in [6, 6.07) is 7.77. The van der Waals surface area contributed by atoms with E-state index in [1.165, 1.54) is 0 Å². The van der Waals surface area contributed by atoms with Crippen molar-refractivity contribution in [1.29, 1.82) is 0 Å². The Balaban J connectivity index is 1.86. The number of rotatable bonds is 6. The monoisotopic (exact) mass is 260 g/mol. The van der Waals surface area contributed by atoms with E-state index >= 15 is 0 Å². The summed E-state index contributed by atoms with van der Waals surface area (Å²) < 4.78 is 5.43. The van der Waals surface area contributed by atoms with Gasteiger partial charge in [-0.1, -0.05) is 32.0 Å². The van der Waals surface area contributed by atoms with Crippen LogP contribution in [0.2, 0.25) is 0 Å². The molecule has 4 nitrogen and oxygen atoms in total. The maximum Gasteiger partial charge on any atom is 0.253 e. The first kappa shape index (κ1) is 13.6. The first-order chi connectivity index (χ1) is 9.18. The molecule has 0 aliphatic rings. The molecule has 1 aromatic heterocycles. The molecular weight excluding hydrogens is 240 g/mol. The summed E-state index contributed by atoms with van der Waals surface area (Å²) in [6.45, 7) is 6.01. The SMILES string of the molecule is CC(C)COCCNC(=O)c1c[nH]c2ccccc12. The average Bonchev–Trinajstić information content (AvgIpc) is 2.81. The number of nitrogens with one attached hydrogen (secondary N) is 2. The van der Waals surface area contributed by atoms with E-state index < -0.39 is 0 Å². The van der Waals surface area contributed by atoms with Crippen molar-refractivity contribution in [1.82, 2.24) is 10.3 Å².